The van der Waals surface area contributed by atoms with E-state index < -0.39 is 0 Å². The topological polar surface area (TPSA) is 18.5 Å². The van der Waals surface area contributed by atoms with Crippen molar-refractivity contribution in [3.63, 3.8) is 0 Å². The first-order valence-corrected chi connectivity index (χ1v) is 9.10. The van der Waals surface area contributed by atoms with Crippen molar-refractivity contribution in [3.8, 4) is 5.75 Å². The summed E-state index contributed by atoms with van der Waals surface area (Å²) in [5.41, 5.74) is 1.60. The van der Waals surface area contributed by atoms with Gasteiger partial charge in [-0.15, -0.1) is 0 Å². The average molecular weight is 312 g/mol. The van der Waals surface area contributed by atoms with Gasteiger partial charge in [0, 0.05) is 13.5 Å². The van der Waals surface area contributed by atoms with E-state index in [9.17, 15) is 0 Å². The van der Waals surface area contributed by atoms with Gasteiger partial charge in [-0.05, 0) is 79.4 Å². The number of rotatable bonds is 6. The van der Waals surface area contributed by atoms with Crippen LogP contribution in [-0.2, 0) is 4.74 Å². The highest BCUT2D eigenvalue weighted by molar-refractivity contribution is 5.48. The predicted molar refractivity (Wildman–Crippen MR) is 93.2 cm³/mol. The first-order chi connectivity index (χ1) is 11.2. The van der Waals surface area contributed by atoms with Crippen molar-refractivity contribution in [1.82, 2.24) is 0 Å². The summed E-state index contributed by atoms with van der Waals surface area (Å²) in [6, 6.07) is 8.12. The van der Waals surface area contributed by atoms with Crippen LogP contribution in [0.5, 0.6) is 5.75 Å². The minimum atomic E-state index is -0.124. The molecule has 23 heavy (non-hydrogen) atoms. The average Bonchev–Trinajstić information content (AvgIpc) is 2.53. The maximum atomic E-state index is 6.15. The summed E-state index contributed by atoms with van der Waals surface area (Å²) in [7, 11) is 1.78. The van der Waals surface area contributed by atoms with Crippen molar-refractivity contribution in [2.75, 3.05) is 7.11 Å². The molecule has 1 unspecified atom stereocenters. The largest absolute Gasteiger partial charge is 0.465 e. The van der Waals surface area contributed by atoms with Crippen molar-refractivity contribution < 1.29 is 9.47 Å². The Morgan fingerprint density at radius 3 is 2.13 bits per heavy atom. The maximum Gasteiger partial charge on any atom is 0.200 e. The van der Waals surface area contributed by atoms with Gasteiger partial charge >= 0.3 is 0 Å². The van der Waals surface area contributed by atoms with Crippen LogP contribution in [0.25, 0.3) is 6.08 Å². The summed E-state index contributed by atoms with van der Waals surface area (Å²) in [6.07, 6.45) is 11.4. The monoisotopic (exact) mass is 312 g/mol. The Bertz CT molecular complexity index is 524. The SMILES string of the molecule is C=Cc1ccc(OC(CC23CC4CC(CC(C4)C2)C3)OC)cc1. The second-order valence-corrected chi connectivity index (χ2v) is 8.18. The van der Waals surface area contributed by atoms with Crippen LogP contribution in [-0.4, -0.2) is 13.4 Å². The van der Waals surface area contributed by atoms with Gasteiger partial charge in [-0.25, -0.2) is 0 Å². The standard InChI is InChI=1S/C21H28O2/c1-3-15-4-6-19(7-5-15)23-20(22-2)14-21-11-16-8-17(12-21)10-18(9-16)13-21/h3-7,16-18,20H,1,8-14H2,2H3. The normalized spacial score (nSPS) is 36.0. The number of benzene rings is 1. The first kappa shape index (κ1) is 15.3. The van der Waals surface area contributed by atoms with Gasteiger partial charge in [0.05, 0.1) is 0 Å². The van der Waals surface area contributed by atoms with Crippen LogP contribution in [0.4, 0.5) is 0 Å². The van der Waals surface area contributed by atoms with Crippen LogP contribution in [0.2, 0.25) is 0 Å². The molecule has 5 rings (SSSR count). The molecular weight excluding hydrogens is 284 g/mol. The Morgan fingerprint density at radius 2 is 1.65 bits per heavy atom. The Balaban J connectivity index is 1.44. The summed E-state index contributed by atoms with van der Waals surface area (Å²) in [5.74, 6) is 3.83. The van der Waals surface area contributed by atoms with E-state index in [2.05, 4.69) is 6.58 Å². The second kappa shape index (κ2) is 5.98. The Labute approximate surface area is 139 Å². The fourth-order valence-corrected chi connectivity index (χ4v) is 5.90. The van der Waals surface area contributed by atoms with E-state index in [1.165, 1.54) is 38.5 Å². The van der Waals surface area contributed by atoms with Crippen molar-refractivity contribution in [1.29, 1.82) is 0 Å². The van der Waals surface area contributed by atoms with Crippen molar-refractivity contribution in [3.05, 3.63) is 36.4 Å². The molecule has 4 aliphatic rings. The van der Waals surface area contributed by atoms with Gasteiger partial charge in [-0.2, -0.15) is 0 Å². The highest BCUT2D eigenvalue weighted by Crippen LogP contribution is 2.61. The predicted octanol–water partition coefficient (Wildman–Crippen LogP) is 5.29. The van der Waals surface area contributed by atoms with E-state index >= 15 is 0 Å². The number of hydrogen-bond donors (Lipinski definition) is 0. The molecule has 0 aliphatic heterocycles. The van der Waals surface area contributed by atoms with E-state index in [1.807, 2.05) is 30.3 Å². The molecule has 4 bridgehead atoms. The van der Waals surface area contributed by atoms with Crippen LogP contribution in [0.15, 0.2) is 30.8 Å². The lowest BCUT2D eigenvalue weighted by Gasteiger charge is -2.57. The highest BCUT2D eigenvalue weighted by Gasteiger charge is 2.51. The molecule has 0 amide bonds. The number of ether oxygens (including phenoxy) is 2. The summed E-state index contributed by atoms with van der Waals surface area (Å²) >= 11 is 0. The fraction of sp³-hybridized carbons (Fsp3) is 0.619. The number of hydrogen-bond acceptors (Lipinski definition) is 2. The van der Waals surface area contributed by atoms with Crippen LogP contribution >= 0.6 is 0 Å². The van der Waals surface area contributed by atoms with E-state index in [0.29, 0.717) is 5.41 Å². The Hall–Kier alpha value is -1.28. The van der Waals surface area contributed by atoms with Crippen LogP contribution < -0.4 is 4.74 Å². The van der Waals surface area contributed by atoms with Gasteiger partial charge in [0.2, 0.25) is 0 Å². The molecule has 2 heteroatoms. The van der Waals surface area contributed by atoms with E-state index in [0.717, 1.165) is 35.5 Å². The van der Waals surface area contributed by atoms with Gasteiger partial charge in [0.15, 0.2) is 6.29 Å². The lowest BCUT2D eigenvalue weighted by atomic mass is 9.49. The molecule has 4 fully saturated rings. The minimum Gasteiger partial charge on any atom is -0.465 e. The van der Waals surface area contributed by atoms with Gasteiger partial charge in [0.1, 0.15) is 5.75 Å². The molecule has 0 heterocycles. The molecule has 0 spiro atoms. The minimum absolute atomic E-state index is 0.124. The zero-order valence-electron chi connectivity index (χ0n) is 14.2. The van der Waals surface area contributed by atoms with E-state index in [4.69, 9.17) is 9.47 Å². The third-order valence-corrected chi connectivity index (χ3v) is 6.41. The van der Waals surface area contributed by atoms with Gasteiger partial charge < -0.3 is 9.47 Å². The molecule has 1 aromatic rings. The third kappa shape index (κ3) is 3.06. The third-order valence-electron chi connectivity index (χ3n) is 6.41. The summed E-state index contributed by atoms with van der Waals surface area (Å²) in [6.45, 7) is 3.79. The van der Waals surface area contributed by atoms with E-state index in [-0.39, 0.29) is 6.29 Å². The summed E-state index contributed by atoms with van der Waals surface area (Å²) < 4.78 is 11.9. The molecule has 4 saturated carbocycles. The summed E-state index contributed by atoms with van der Waals surface area (Å²) in [5, 5.41) is 0. The Morgan fingerprint density at radius 1 is 1.09 bits per heavy atom. The number of methoxy groups -OCH3 is 1. The quantitative estimate of drug-likeness (QED) is 0.665. The zero-order valence-corrected chi connectivity index (χ0v) is 14.2. The van der Waals surface area contributed by atoms with Crippen LogP contribution in [0.1, 0.15) is 50.5 Å². The fourth-order valence-electron chi connectivity index (χ4n) is 5.90. The van der Waals surface area contributed by atoms with Crippen molar-refractivity contribution >= 4 is 6.08 Å². The summed E-state index contributed by atoms with van der Waals surface area (Å²) in [4.78, 5) is 0. The lowest BCUT2D eigenvalue weighted by molar-refractivity contribution is -0.129. The molecule has 124 valence electrons. The zero-order chi connectivity index (χ0) is 15.9. The molecule has 0 radical (unpaired) electrons. The molecule has 0 aromatic heterocycles. The lowest BCUT2D eigenvalue weighted by Crippen LogP contribution is -2.48. The molecule has 2 nitrogen and oxygen atoms in total. The van der Waals surface area contributed by atoms with Crippen LogP contribution in [0.3, 0.4) is 0 Å². The van der Waals surface area contributed by atoms with Crippen molar-refractivity contribution in [2.45, 2.75) is 51.2 Å². The smallest absolute Gasteiger partial charge is 0.200 e. The van der Waals surface area contributed by atoms with Gasteiger partial charge in [-0.1, -0.05) is 24.8 Å². The molecule has 1 aromatic carbocycles. The molecule has 0 N–H and O–H groups in total. The Kier molecular flexibility index (Phi) is 3.96. The second-order valence-electron chi connectivity index (χ2n) is 8.18. The molecule has 0 saturated heterocycles. The van der Waals surface area contributed by atoms with Crippen molar-refractivity contribution in [2.24, 2.45) is 23.2 Å². The van der Waals surface area contributed by atoms with Gasteiger partial charge in [-0.3, -0.25) is 0 Å². The van der Waals surface area contributed by atoms with Crippen LogP contribution in [0, 0.1) is 23.2 Å². The molecular formula is C21H28O2. The maximum absolute atomic E-state index is 6.15. The first-order valence-electron chi connectivity index (χ1n) is 9.10. The molecule has 4 aliphatic carbocycles. The van der Waals surface area contributed by atoms with E-state index in [1.54, 1.807) is 7.11 Å². The molecule has 1 atom stereocenters. The highest BCUT2D eigenvalue weighted by atomic mass is 16.7. The van der Waals surface area contributed by atoms with Gasteiger partial charge in [0.25, 0.3) is 0 Å².